The SMILES string of the molecule is C[C@H](Oc1nc(N2CCCC3(CNC3)C2)c2cc(Cl)c(-c3ccc(F)c4sc(N)c(C#N)c34)c(F)c2n1)C1CCCN1C. The number of piperidine rings is 1. The molecule has 1 unspecified atom stereocenters. The third kappa shape index (κ3) is 4.67. The van der Waals surface area contributed by atoms with Gasteiger partial charge in [-0.05, 0) is 63.9 Å². The van der Waals surface area contributed by atoms with E-state index in [0.717, 1.165) is 69.7 Å². The Hall–Kier alpha value is -3.30. The lowest BCUT2D eigenvalue weighted by Gasteiger charge is -2.49. The number of ether oxygens (including phenoxy) is 1. The lowest BCUT2D eigenvalue weighted by molar-refractivity contribution is 0.112. The molecule has 0 saturated carbocycles. The van der Waals surface area contributed by atoms with Gasteiger partial charge in [-0.1, -0.05) is 17.7 Å². The minimum atomic E-state index is -0.680. The molecule has 5 heterocycles. The molecule has 0 amide bonds. The Balaban J connectivity index is 1.42. The largest absolute Gasteiger partial charge is 0.459 e. The average Bonchev–Trinajstić information content (AvgIpc) is 3.56. The van der Waals surface area contributed by atoms with Crippen LogP contribution >= 0.6 is 22.9 Å². The van der Waals surface area contributed by atoms with Gasteiger partial charge in [-0.3, -0.25) is 4.90 Å². The van der Waals surface area contributed by atoms with Crippen molar-refractivity contribution in [3.8, 4) is 23.2 Å². The van der Waals surface area contributed by atoms with Crippen LogP contribution in [0.2, 0.25) is 5.02 Å². The molecular formula is C31H32ClF2N7OS. The van der Waals surface area contributed by atoms with Crippen LogP contribution in [0.15, 0.2) is 18.2 Å². The summed E-state index contributed by atoms with van der Waals surface area (Å²) in [5.74, 6) is -0.628. The summed E-state index contributed by atoms with van der Waals surface area (Å²) in [4.78, 5) is 14.0. The Morgan fingerprint density at radius 2 is 2.07 bits per heavy atom. The lowest BCUT2D eigenvalue weighted by atomic mass is 9.75. The zero-order valence-electron chi connectivity index (χ0n) is 24.0. The fourth-order valence-electron chi connectivity index (χ4n) is 7.14. The molecule has 2 atom stereocenters. The molecular weight excluding hydrogens is 592 g/mol. The average molecular weight is 624 g/mol. The quantitative estimate of drug-likeness (QED) is 0.281. The maximum absolute atomic E-state index is 16.9. The predicted octanol–water partition coefficient (Wildman–Crippen LogP) is 5.95. The number of fused-ring (bicyclic) bond motifs is 2. The minimum Gasteiger partial charge on any atom is -0.459 e. The molecule has 1 spiro atoms. The number of thiophene rings is 1. The number of hydrogen-bond acceptors (Lipinski definition) is 9. The second kappa shape index (κ2) is 10.7. The number of nitrogens with zero attached hydrogens (tertiary/aromatic N) is 5. The van der Waals surface area contributed by atoms with Crippen LogP contribution in [0.25, 0.3) is 32.1 Å². The van der Waals surface area contributed by atoms with Crippen LogP contribution in [0.3, 0.4) is 0 Å². The van der Waals surface area contributed by atoms with Crippen molar-refractivity contribution in [3.05, 3.63) is 40.4 Å². The Kier molecular flexibility index (Phi) is 7.08. The van der Waals surface area contributed by atoms with Crippen LogP contribution in [-0.4, -0.2) is 66.8 Å². The lowest BCUT2D eigenvalue weighted by Crippen LogP contribution is -2.61. The van der Waals surface area contributed by atoms with Gasteiger partial charge in [-0.15, -0.1) is 11.3 Å². The van der Waals surface area contributed by atoms with Crippen molar-refractivity contribution >= 4 is 54.7 Å². The Labute approximate surface area is 257 Å². The summed E-state index contributed by atoms with van der Waals surface area (Å²) in [5.41, 5.74) is 6.70. The Bertz CT molecular complexity index is 1800. The van der Waals surface area contributed by atoms with E-state index in [2.05, 4.69) is 33.2 Å². The number of aromatic nitrogens is 2. The van der Waals surface area contributed by atoms with Gasteiger partial charge < -0.3 is 20.7 Å². The van der Waals surface area contributed by atoms with Gasteiger partial charge >= 0.3 is 6.01 Å². The first kappa shape index (κ1) is 28.5. The van der Waals surface area contributed by atoms with Gasteiger partial charge in [-0.25, -0.2) is 8.78 Å². The summed E-state index contributed by atoms with van der Waals surface area (Å²) < 4.78 is 38.2. The highest BCUT2D eigenvalue weighted by Gasteiger charge is 2.41. The van der Waals surface area contributed by atoms with E-state index in [-0.39, 0.29) is 65.9 Å². The number of nitriles is 1. The van der Waals surface area contributed by atoms with Gasteiger partial charge in [0.05, 0.1) is 15.3 Å². The highest BCUT2D eigenvalue weighted by Crippen LogP contribution is 2.46. The van der Waals surface area contributed by atoms with Crippen molar-refractivity contribution in [2.75, 3.05) is 50.4 Å². The number of hydrogen-bond donors (Lipinski definition) is 2. The Morgan fingerprint density at radius 1 is 1.26 bits per heavy atom. The maximum atomic E-state index is 16.9. The van der Waals surface area contributed by atoms with Crippen LogP contribution in [0.1, 0.15) is 38.2 Å². The monoisotopic (exact) mass is 623 g/mol. The molecule has 2 aromatic heterocycles. The molecule has 0 aliphatic carbocycles. The smallest absolute Gasteiger partial charge is 0.319 e. The molecule has 7 rings (SSSR count). The standard InChI is InChI=1S/C31H32ClF2N7OS/c1-16(22-5-3-9-40(22)2)42-30-38-26-18(29(39-30)41-10-4-8-31(15-41)13-37-14-31)11-20(32)24(25(26)34)17-6-7-21(33)27-23(17)19(12-35)28(36)43-27/h6-7,11,16,22,37H,3-5,8-10,13-15,36H2,1-2H3/t16-,22?/m0/s1. The Morgan fingerprint density at radius 3 is 2.77 bits per heavy atom. The van der Waals surface area contributed by atoms with E-state index in [1.807, 2.05) is 6.92 Å². The van der Waals surface area contributed by atoms with Crippen molar-refractivity contribution < 1.29 is 13.5 Å². The van der Waals surface area contributed by atoms with Crippen molar-refractivity contribution in [2.24, 2.45) is 5.41 Å². The van der Waals surface area contributed by atoms with Gasteiger partial charge in [0.1, 0.15) is 34.3 Å². The number of rotatable bonds is 5. The van der Waals surface area contributed by atoms with Crippen LogP contribution in [0, 0.1) is 28.4 Å². The molecule has 43 heavy (non-hydrogen) atoms. The van der Waals surface area contributed by atoms with Crippen LogP contribution in [-0.2, 0) is 0 Å². The first-order valence-electron chi connectivity index (χ1n) is 14.6. The molecule has 3 N–H and O–H groups in total. The normalized spacial score (nSPS) is 20.9. The second-order valence-corrected chi connectivity index (χ2v) is 13.6. The first-order valence-corrected chi connectivity index (χ1v) is 15.8. The molecule has 0 radical (unpaired) electrons. The molecule has 4 aromatic rings. The summed E-state index contributed by atoms with van der Waals surface area (Å²) in [7, 11) is 2.08. The zero-order valence-corrected chi connectivity index (χ0v) is 25.6. The summed E-state index contributed by atoms with van der Waals surface area (Å²) >= 11 is 7.81. The summed E-state index contributed by atoms with van der Waals surface area (Å²) in [6.07, 6.45) is 3.99. The highest BCUT2D eigenvalue weighted by molar-refractivity contribution is 7.23. The van der Waals surface area contributed by atoms with E-state index < -0.39 is 11.6 Å². The topological polar surface area (TPSA) is 103 Å². The van der Waals surface area contributed by atoms with Gasteiger partial charge in [0, 0.05) is 54.0 Å². The van der Waals surface area contributed by atoms with Crippen LogP contribution in [0.5, 0.6) is 6.01 Å². The van der Waals surface area contributed by atoms with Crippen molar-refractivity contribution in [3.63, 3.8) is 0 Å². The number of benzene rings is 2. The van der Waals surface area contributed by atoms with Crippen molar-refractivity contribution in [1.82, 2.24) is 20.2 Å². The number of nitrogen functional groups attached to an aromatic ring is 1. The van der Waals surface area contributed by atoms with Crippen molar-refractivity contribution in [2.45, 2.75) is 44.8 Å². The molecule has 3 saturated heterocycles. The predicted molar refractivity (Wildman–Crippen MR) is 167 cm³/mol. The fourth-order valence-corrected chi connectivity index (χ4v) is 8.38. The summed E-state index contributed by atoms with van der Waals surface area (Å²) in [5, 5.41) is 14.2. The van der Waals surface area contributed by atoms with Gasteiger partial charge in [0.15, 0.2) is 5.82 Å². The van der Waals surface area contributed by atoms with Gasteiger partial charge in [0.25, 0.3) is 0 Å². The number of likely N-dealkylation sites (N-methyl/N-ethyl adjacent to an activating group) is 1. The van der Waals surface area contributed by atoms with Gasteiger partial charge in [-0.2, -0.15) is 15.2 Å². The third-order valence-electron chi connectivity index (χ3n) is 9.41. The highest BCUT2D eigenvalue weighted by atomic mass is 35.5. The molecule has 224 valence electrons. The van der Waals surface area contributed by atoms with E-state index in [1.165, 1.54) is 12.1 Å². The second-order valence-electron chi connectivity index (χ2n) is 12.2. The van der Waals surface area contributed by atoms with Gasteiger partial charge in [0.2, 0.25) is 0 Å². The van der Waals surface area contributed by atoms with E-state index in [4.69, 9.17) is 27.1 Å². The molecule has 0 bridgehead atoms. The molecule has 8 nitrogen and oxygen atoms in total. The number of likely N-dealkylation sites (tertiary alicyclic amines) is 1. The minimum absolute atomic E-state index is 0.0333. The maximum Gasteiger partial charge on any atom is 0.319 e. The van der Waals surface area contributed by atoms with E-state index >= 15 is 4.39 Å². The fraction of sp³-hybridized carbons (Fsp3) is 0.452. The molecule has 3 aliphatic rings. The number of nitrogens with two attached hydrogens (primary N) is 1. The molecule has 2 aromatic carbocycles. The van der Waals surface area contributed by atoms with E-state index in [0.29, 0.717) is 11.2 Å². The summed E-state index contributed by atoms with van der Waals surface area (Å²) in [6, 6.07) is 6.73. The number of anilines is 2. The number of halogens is 3. The van der Waals surface area contributed by atoms with E-state index in [1.54, 1.807) is 6.07 Å². The number of nitrogens with one attached hydrogen (secondary N) is 1. The molecule has 12 heteroatoms. The van der Waals surface area contributed by atoms with Crippen molar-refractivity contribution in [1.29, 1.82) is 5.26 Å². The first-order chi connectivity index (χ1) is 20.7. The van der Waals surface area contributed by atoms with Crippen LogP contribution < -0.4 is 20.7 Å². The third-order valence-corrected chi connectivity index (χ3v) is 10.7. The molecule has 3 fully saturated rings. The molecule has 3 aliphatic heterocycles. The zero-order chi connectivity index (χ0) is 30.0. The van der Waals surface area contributed by atoms with Crippen LogP contribution in [0.4, 0.5) is 19.6 Å². The summed E-state index contributed by atoms with van der Waals surface area (Å²) in [6.45, 7) is 6.42. The van der Waals surface area contributed by atoms with E-state index in [9.17, 15) is 9.65 Å².